The van der Waals surface area contributed by atoms with Crippen LogP contribution in [0.3, 0.4) is 0 Å². The number of likely N-dealkylation sites (tertiary alicyclic amines) is 1. The van der Waals surface area contributed by atoms with E-state index in [1.54, 1.807) is 0 Å². The number of halogens is 1. The minimum Gasteiger partial charge on any atom is -0.306 e. The summed E-state index contributed by atoms with van der Waals surface area (Å²) in [4.78, 5) is 14.9. The monoisotopic (exact) mass is 337 g/mol. The fraction of sp³-hybridized carbons (Fsp3) is 0.588. The molecule has 0 unspecified atom stereocenters. The lowest BCUT2D eigenvalue weighted by Gasteiger charge is -2.32. The van der Waals surface area contributed by atoms with Crippen molar-refractivity contribution in [3.8, 4) is 0 Å². The van der Waals surface area contributed by atoms with Crippen LogP contribution in [0.5, 0.6) is 0 Å². The van der Waals surface area contributed by atoms with Gasteiger partial charge in [0.2, 0.25) is 0 Å². The van der Waals surface area contributed by atoms with Crippen LogP contribution in [0.25, 0.3) is 0 Å². The van der Waals surface area contributed by atoms with Gasteiger partial charge in [-0.3, -0.25) is 4.79 Å². The van der Waals surface area contributed by atoms with Crippen LogP contribution < -0.4 is 0 Å². The third-order valence-electron chi connectivity index (χ3n) is 4.30. The topological polar surface area (TPSA) is 20.3 Å². The highest BCUT2D eigenvalue weighted by atomic mass is 79.9. The van der Waals surface area contributed by atoms with Crippen molar-refractivity contribution in [2.75, 3.05) is 20.1 Å². The van der Waals surface area contributed by atoms with Crippen molar-refractivity contribution >= 4 is 21.7 Å². The Morgan fingerprint density at radius 1 is 1.40 bits per heavy atom. The molecule has 1 aromatic carbocycles. The molecule has 0 N–H and O–H groups in total. The molecule has 1 aromatic rings. The Labute approximate surface area is 130 Å². The molecular formula is C17H24BrNO. The van der Waals surface area contributed by atoms with Gasteiger partial charge in [-0.1, -0.05) is 48.0 Å². The summed E-state index contributed by atoms with van der Waals surface area (Å²) in [6.45, 7) is 6.37. The molecule has 1 heterocycles. The van der Waals surface area contributed by atoms with E-state index in [9.17, 15) is 4.79 Å². The Hall–Kier alpha value is -0.670. The number of Topliss-reactive ketones (excluding diaryl/α,β-unsaturated/α-hetero) is 1. The SMILES string of the molecule is CN1CCC[C@H](C(=O)CC(C)(C)c2ccccc2Br)C1. The first-order valence-corrected chi connectivity index (χ1v) is 8.16. The number of nitrogens with zero attached hydrogens (tertiary/aromatic N) is 1. The summed E-state index contributed by atoms with van der Waals surface area (Å²) in [6, 6.07) is 8.22. The summed E-state index contributed by atoms with van der Waals surface area (Å²) in [6.07, 6.45) is 2.81. The molecule has 1 saturated heterocycles. The van der Waals surface area contributed by atoms with E-state index < -0.39 is 0 Å². The van der Waals surface area contributed by atoms with Crippen molar-refractivity contribution in [3.63, 3.8) is 0 Å². The molecule has 1 fully saturated rings. The van der Waals surface area contributed by atoms with E-state index in [1.807, 2.05) is 12.1 Å². The number of rotatable bonds is 4. The van der Waals surface area contributed by atoms with Crippen LogP contribution >= 0.6 is 15.9 Å². The van der Waals surface area contributed by atoms with Gasteiger partial charge in [0.15, 0.2) is 0 Å². The van der Waals surface area contributed by atoms with Gasteiger partial charge in [0.1, 0.15) is 5.78 Å². The maximum atomic E-state index is 12.6. The van der Waals surface area contributed by atoms with Crippen LogP contribution in [0.4, 0.5) is 0 Å². The molecule has 2 rings (SSSR count). The van der Waals surface area contributed by atoms with E-state index in [0.29, 0.717) is 12.2 Å². The molecule has 0 amide bonds. The minimum absolute atomic E-state index is 0.118. The van der Waals surface area contributed by atoms with E-state index in [4.69, 9.17) is 0 Å². The van der Waals surface area contributed by atoms with E-state index in [-0.39, 0.29) is 11.3 Å². The van der Waals surface area contributed by atoms with Crippen molar-refractivity contribution < 1.29 is 4.79 Å². The second-order valence-corrected chi connectivity index (χ2v) is 7.46. The van der Waals surface area contributed by atoms with E-state index in [2.05, 4.69) is 53.9 Å². The van der Waals surface area contributed by atoms with Gasteiger partial charge in [0, 0.05) is 23.4 Å². The van der Waals surface area contributed by atoms with Gasteiger partial charge in [0.05, 0.1) is 0 Å². The highest BCUT2D eigenvalue weighted by Gasteiger charge is 2.31. The molecule has 0 bridgehead atoms. The lowest BCUT2D eigenvalue weighted by atomic mass is 9.77. The number of ketones is 1. The van der Waals surface area contributed by atoms with Gasteiger partial charge in [0.25, 0.3) is 0 Å². The average Bonchev–Trinajstić information content (AvgIpc) is 2.38. The molecule has 3 heteroatoms. The maximum absolute atomic E-state index is 12.6. The highest BCUT2D eigenvalue weighted by molar-refractivity contribution is 9.10. The highest BCUT2D eigenvalue weighted by Crippen LogP contribution is 2.34. The summed E-state index contributed by atoms with van der Waals surface area (Å²) >= 11 is 3.61. The van der Waals surface area contributed by atoms with Gasteiger partial charge in [-0.25, -0.2) is 0 Å². The lowest BCUT2D eigenvalue weighted by Crippen LogP contribution is -2.38. The smallest absolute Gasteiger partial charge is 0.138 e. The maximum Gasteiger partial charge on any atom is 0.138 e. The minimum atomic E-state index is -0.118. The predicted octanol–water partition coefficient (Wildman–Crippen LogP) is 4.03. The number of hydrogen-bond acceptors (Lipinski definition) is 2. The summed E-state index contributed by atoms with van der Waals surface area (Å²) < 4.78 is 1.10. The van der Waals surface area contributed by atoms with Crippen LogP contribution in [-0.4, -0.2) is 30.8 Å². The largest absolute Gasteiger partial charge is 0.306 e. The van der Waals surface area contributed by atoms with Crippen molar-refractivity contribution in [3.05, 3.63) is 34.3 Å². The number of carbonyl (C=O) groups is 1. The zero-order valence-electron chi connectivity index (χ0n) is 12.7. The van der Waals surface area contributed by atoms with Crippen LogP contribution in [0.1, 0.15) is 38.7 Å². The second-order valence-electron chi connectivity index (χ2n) is 6.61. The third kappa shape index (κ3) is 3.70. The third-order valence-corrected chi connectivity index (χ3v) is 4.99. The van der Waals surface area contributed by atoms with Crippen LogP contribution in [-0.2, 0) is 10.2 Å². The Morgan fingerprint density at radius 2 is 2.10 bits per heavy atom. The van der Waals surface area contributed by atoms with Gasteiger partial charge >= 0.3 is 0 Å². The Morgan fingerprint density at radius 3 is 2.75 bits per heavy atom. The van der Waals surface area contributed by atoms with E-state index >= 15 is 0 Å². The zero-order chi connectivity index (χ0) is 14.8. The molecule has 1 aliphatic rings. The van der Waals surface area contributed by atoms with Gasteiger partial charge in [-0.15, -0.1) is 0 Å². The molecule has 1 aliphatic heterocycles. The Bertz CT molecular complexity index is 484. The van der Waals surface area contributed by atoms with E-state index in [0.717, 1.165) is 30.4 Å². The van der Waals surface area contributed by atoms with Crippen LogP contribution in [0, 0.1) is 5.92 Å². The van der Waals surface area contributed by atoms with Crippen molar-refractivity contribution in [2.45, 2.75) is 38.5 Å². The molecule has 2 nitrogen and oxygen atoms in total. The summed E-state index contributed by atoms with van der Waals surface area (Å²) in [5, 5.41) is 0. The van der Waals surface area contributed by atoms with Crippen LogP contribution in [0.2, 0.25) is 0 Å². The quantitative estimate of drug-likeness (QED) is 0.826. The Balaban J connectivity index is 2.08. The Kier molecular flexibility index (Phi) is 5.03. The first-order chi connectivity index (χ1) is 9.40. The molecule has 0 aromatic heterocycles. The summed E-state index contributed by atoms with van der Waals surface area (Å²) in [5.41, 5.74) is 1.10. The molecule has 0 saturated carbocycles. The normalized spacial score (nSPS) is 20.9. The molecule has 0 radical (unpaired) electrons. The molecule has 20 heavy (non-hydrogen) atoms. The van der Waals surface area contributed by atoms with Crippen molar-refractivity contribution in [1.29, 1.82) is 0 Å². The lowest BCUT2D eigenvalue weighted by molar-refractivity contribution is -0.125. The van der Waals surface area contributed by atoms with Crippen molar-refractivity contribution in [1.82, 2.24) is 4.90 Å². The fourth-order valence-corrected chi connectivity index (χ4v) is 3.94. The number of hydrogen-bond donors (Lipinski definition) is 0. The first-order valence-electron chi connectivity index (χ1n) is 7.36. The van der Waals surface area contributed by atoms with Gasteiger partial charge < -0.3 is 4.90 Å². The number of carbonyl (C=O) groups excluding carboxylic acids is 1. The molecule has 0 spiro atoms. The number of benzene rings is 1. The van der Waals surface area contributed by atoms with Gasteiger partial charge in [-0.05, 0) is 43.5 Å². The second kappa shape index (κ2) is 6.40. The van der Waals surface area contributed by atoms with Crippen molar-refractivity contribution in [2.24, 2.45) is 5.92 Å². The summed E-state index contributed by atoms with van der Waals surface area (Å²) in [5.74, 6) is 0.632. The summed E-state index contributed by atoms with van der Waals surface area (Å²) in [7, 11) is 2.11. The molecule has 110 valence electrons. The fourth-order valence-electron chi connectivity index (χ4n) is 3.11. The standard InChI is InChI=1S/C17H24BrNO/c1-17(2,14-8-4-5-9-15(14)18)11-16(20)13-7-6-10-19(3)12-13/h4-5,8-9,13H,6-7,10-12H2,1-3H3/t13-/m0/s1. The first kappa shape index (κ1) is 15.7. The average molecular weight is 338 g/mol. The van der Waals surface area contributed by atoms with Crippen LogP contribution in [0.15, 0.2) is 28.7 Å². The zero-order valence-corrected chi connectivity index (χ0v) is 14.2. The molecular weight excluding hydrogens is 314 g/mol. The molecule has 0 aliphatic carbocycles. The predicted molar refractivity (Wildman–Crippen MR) is 87.0 cm³/mol. The van der Waals surface area contributed by atoms with E-state index in [1.165, 1.54) is 5.56 Å². The van der Waals surface area contributed by atoms with Gasteiger partial charge in [-0.2, -0.15) is 0 Å². The molecule has 1 atom stereocenters. The number of piperidine rings is 1.